The Morgan fingerprint density at radius 3 is 2.45 bits per heavy atom. The first-order valence-electron chi connectivity index (χ1n) is 7.76. The highest BCUT2D eigenvalue weighted by Gasteiger charge is 2.19. The zero-order chi connectivity index (χ0) is 16.6. The van der Waals surface area contributed by atoms with Crippen molar-refractivity contribution in [3.8, 4) is 0 Å². The van der Waals surface area contributed by atoms with Crippen LogP contribution in [-0.4, -0.2) is 37.4 Å². The first-order valence-corrected chi connectivity index (χ1v) is 7.76. The lowest BCUT2D eigenvalue weighted by atomic mass is 10.0. The van der Waals surface area contributed by atoms with E-state index < -0.39 is 5.60 Å². The van der Waals surface area contributed by atoms with Gasteiger partial charge in [-0.1, -0.05) is 29.8 Å². The Hall–Kier alpha value is -1.59. The van der Waals surface area contributed by atoms with Crippen molar-refractivity contribution in [1.29, 1.82) is 0 Å². The predicted octanol–water partition coefficient (Wildman–Crippen LogP) is 1.98. The van der Waals surface area contributed by atoms with Crippen LogP contribution in [0.2, 0.25) is 0 Å². The van der Waals surface area contributed by atoms with Crippen LogP contribution in [0, 0.1) is 6.92 Å². The molecule has 4 N–H and O–H groups in total. The van der Waals surface area contributed by atoms with Gasteiger partial charge in [0.05, 0.1) is 0 Å². The molecule has 1 aromatic rings. The second kappa shape index (κ2) is 8.76. The lowest BCUT2D eigenvalue weighted by Crippen LogP contribution is -2.46. The van der Waals surface area contributed by atoms with E-state index in [0.717, 1.165) is 13.0 Å². The van der Waals surface area contributed by atoms with E-state index in [4.69, 9.17) is 10.5 Å². The van der Waals surface area contributed by atoms with Gasteiger partial charge in [0, 0.05) is 25.7 Å². The number of amides is 1. The van der Waals surface area contributed by atoms with E-state index in [1.807, 2.05) is 20.8 Å². The smallest absolute Gasteiger partial charge is 0.407 e. The normalized spacial score (nSPS) is 12.8. The summed E-state index contributed by atoms with van der Waals surface area (Å²) in [5.74, 6) is 0. The van der Waals surface area contributed by atoms with E-state index >= 15 is 0 Å². The number of rotatable bonds is 7. The largest absolute Gasteiger partial charge is 0.444 e. The van der Waals surface area contributed by atoms with Gasteiger partial charge in [-0.05, 0) is 39.7 Å². The molecule has 0 spiro atoms. The Morgan fingerprint density at radius 2 is 1.91 bits per heavy atom. The second-order valence-corrected chi connectivity index (χ2v) is 6.53. The topological polar surface area (TPSA) is 76.4 Å². The molecule has 1 amide bonds. The summed E-state index contributed by atoms with van der Waals surface area (Å²) in [5, 5.41) is 6.17. The van der Waals surface area contributed by atoms with Crippen LogP contribution >= 0.6 is 0 Å². The average Bonchev–Trinajstić information content (AvgIpc) is 2.39. The fourth-order valence-corrected chi connectivity index (χ4v) is 2.04. The molecule has 1 aromatic carbocycles. The molecule has 0 fully saturated rings. The van der Waals surface area contributed by atoms with Crippen molar-refractivity contribution in [2.24, 2.45) is 5.73 Å². The summed E-state index contributed by atoms with van der Waals surface area (Å²) in [7, 11) is 0. The zero-order valence-electron chi connectivity index (χ0n) is 14.1. The fourth-order valence-electron chi connectivity index (χ4n) is 2.04. The van der Waals surface area contributed by atoms with Crippen molar-refractivity contribution in [1.82, 2.24) is 10.6 Å². The Labute approximate surface area is 133 Å². The van der Waals surface area contributed by atoms with Crippen molar-refractivity contribution < 1.29 is 9.53 Å². The summed E-state index contributed by atoms with van der Waals surface area (Å²) in [6.07, 6.45) is 0.357. The van der Waals surface area contributed by atoms with Crippen LogP contribution in [0.5, 0.6) is 0 Å². The molecule has 0 heterocycles. The number of nitrogens with two attached hydrogens (primary N) is 1. The SMILES string of the molecule is Cc1ccc(C[C@@H](CNCCN)NC(=O)OC(C)(C)C)cc1. The molecule has 0 unspecified atom stereocenters. The van der Waals surface area contributed by atoms with Gasteiger partial charge in [-0.25, -0.2) is 4.79 Å². The molecular weight excluding hydrogens is 278 g/mol. The Balaban J connectivity index is 2.62. The van der Waals surface area contributed by atoms with Gasteiger partial charge in [0.25, 0.3) is 0 Å². The van der Waals surface area contributed by atoms with Gasteiger partial charge >= 0.3 is 6.09 Å². The summed E-state index contributed by atoms with van der Waals surface area (Å²) in [5.41, 5.74) is 7.40. The third-order valence-electron chi connectivity index (χ3n) is 3.04. The van der Waals surface area contributed by atoms with Crippen molar-refractivity contribution in [2.75, 3.05) is 19.6 Å². The molecule has 0 aliphatic rings. The van der Waals surface area contributed by atoms with Gasteiger partial charge in [0.15, 0.2) is 0 Å². The molecule has 0 saturated carbocycles. The number of benzene rings is 1. The van der Waals surface area contributed by atoms with Crippen molar-refractivity contribution in [3.63, 3.8) is 0 Å². The van der Waals surface area contributed by atoms with Gasteiger partial charge in [0.1, 0.15) is 5.60 Å². The molecule has 0 radical (unpaired) electrons. The highest BCUT2D eigenvalue weighted by molar-refractivity contribution is 5.68. The molecule has 0 aliphatic carbocycles. The third kappa shape index (κ3) is 8.00. The monoisotopic (exact) mass is 307 g/mol. The van der Waals surface area contributed by atoms with Crippen molar-refractivity contribution in [3.05, 3.63) is 35.4 Å². The Bertz CT molecular complexity index is 452. The minimum Gasteiger partial charge on any atom is -0.444 e. The Kier molecular flexibility index (Phi) is 7.35. The zero-order valence-corrected chi connectivity index (χ0v) is 14.1. The van der Waals surface area contributed by atoms with Crippen LogP contribution in [0.4, 0.5) is 4.79 Å². The first-order chi connectivity index (χ1) is 10.3. The maximum absolute atomic E-state index is 12.0. The van der Waals surface area contributed by atoms with Crippen LogP contribution in [-0.2, 0) is 11.2 Å². The van der Waals surface area contributed by atoms with E-state index in [-0.39, 0.29) is 12.1 Å². The highest BCUT2D eigenvalue weighted by atomic mass is 16.6. The van der Waals surface area contributed by atoms with Gasteiger partial charge < -0.3 is 21.1 Å². The molecule has 1 rings (SSSR count). The molecule has 1 atom stereocenters. The van der Waals surface area contributed by atoms with E-state index in [1.165, 1.54) is 11.1 Å². The molecule has 5 heteroatoms. The average molecular weight is 307 g/mol. The number of aryl methyl sites for hydroxylation is 1. The molecule has 124 valence electrons. The summed E-state index contributed by atoms with van der Waals surface area (Å²) in [4.78, 5) is 12.0. The molecule has 0 aliphatic heterocycles. The van der Waals surface area contributed by atoms with Crippen molar-refractivity contribution >= 4 is 6.09 Å². The van der Waals surface area contributed by atoms with Crippen LogP contribution < -0.4 is 16.4 Å². The number of hydrogen-bond donors (Lipinski definition) is 3. The van der Waals surface area contributed by atoms with Gasteiger partial charge in [0.2, 0.25) is 0 Å². The highest BCUT2D eigenvalue weighted by Crippen LogP contribution is 2.09. The van der Waals surface area contributed by atoms with E-state index in [9.17, 15) is 4.79 Å². The summed E-state index contributed by atoms with van der Waals surface area (Å²) in [6.45, 7) is 9.58. The lowest BCUT2D eigenvalue weighted by Gasteiger charge is -2.24. The van der Waals surface area contributed by atoms with Gasteiger partial charge in [-0.3, -0.25) is 0 Å². The van der Waals surface area contributed by atoms with Crippen LogP contribution in [0.25, 0.3) is 0 Å². The van der Waals surface area contributed by atoms with E-state index in [1.54, 1.807) is 0 Å². The summed E-state index contributed by atoms with van der Waals surface area (Å²) < 4.78 is 5.33. The maximum Gasteiger partial charge on any atom is 0.407 e. The lowest BCUT2D eigenvalue weighted by molar-refractivity contribution is 0.0504. The number of ether oxygens (including phenoxy) is 1. The van der Waals surface area contributed by atoms with E-state index in [2.05, 4.69) is 41.8 Å². The number of hydrogen-bond acceptors (Lipinski definition) is 4. The van der Waals surface area contributed by atoms with Crippen molar-refractivity contribution in [2.45, 2.75) is 45.8 Å². The Morgan fingerprint density at radius 1 is 1.27 bits per heavy atom. The third-order valence-corrected chi connectivity index (χ3v) is 3.04. The number of alkyl carbamates (subject to hydrolysis) is 1. The van der Waals surface area contributed by atoms with Crippen LogP contribution in [0.1, 0.15) is 31.9 Å². The standard InChI is InChI=1S/C17H29N3O2/c1-13-5-7-14(8-6-13)11-15(12-19-10-9-18)20-16(21)22-17(2,3)4/h5-8,15,19H,9-12,18H2,1-4H3,(H,20,21)/t15-/m0/s1. The molecule has 22 heavy (non-hydrogen) atoms. The van der Waals surface area contributed by atoms with E-state index in [0.29, 0.717) is 13.1 Å². The molecule has 0 bridgehead atoms. The maximum atomic E-state index is 12.0. The molecular formula is C17H29N3O2. The first kappa shape index (κ1) is 18.5. The van der Waals surface area contributed by atoms with Gasteiger partial charge in [-0.2, -0.15) is 0 Å². The number of nitrogens with one attached hydrogen (secondary N) is 2. The van der Waals surface area contributed by atoms with Gasteiger partial charge in [-0.15, -0.1) is 0 Å². The minimum absolute atomic E-state index is 0.0379. The second-order valence-electron chi connectivity index (χ2n) is 6.53. The fraction of sp³-hybridized carbons (Fsp3) is 0.588. The number of carbonyl (C=O) groups is 1. The summed E-state index contributed by atoms with van der Waals surface area (Å²) >= 11 is 0. The molecule has 5 nitrogen and oxygen atoms in total. The summed E-state index contributed by atoms with van der Waals surface area (Å²) in [6, 6.07) is 8.29. The predicted molar refractivity (Wildman–Crippen MR) is 90.0 cm³/mol. The van der Waals surface area contributed by atoms with Crippen LogP contribution in [0.3, 0.4) is 0 Å². The molecule has 0 aromatic heterocycles. The van der Waals surface area contributed by atoms with Crippen LogP contribution in [0.15, 0.2) is 24.3 Å². The molecule has 0 saturated heterocycles. The minimum atomic E-state index is -0.497. The quantitative estimate of drug-likeness (QED) is 0.673. The number of carbonyl (C=O) groups excluding carboxylic acids is 1.